The molecule has 12 heteroatoms. The standard InChI is InChI=1S/C37H47N9O3/c1-3-46(4-2)21-20-39-35(47)31-7-5-6-30(23-31)27-12-8-25(9-13-27)22-33(41-36(48)29-14-10-26(24-38)11-15-29)37(49)40-32-18-16-28(17-19-32)34-42-44-45-43-34/h5-9,12-13,16-19,23,26,29,33H,3-4,10-11,14-15,20-22,24,38H2,1-2H3,(H,39,47)(H,40,49)(H,41,48)(H,42,43,44,45)/t26?,29?,33-/m0/s1. The maximum atomic E-state index is 13.7. The van der Waals surface area contributed by atoms with Gasteiger partial charge in [-0.05, 0) is 110 Å². The number of nitrogens with one attached hydrogen (secondary N) is 4. The Bertz CT molecular complexity index is 1650. The van der Waals surface area contributed by atoms with E-state index in [0.29, 0.717) is 42.5 Å². The van der Waals surface area contributed by atoms with Crippen molar-refractivity contribution in [3.05, 3.63) is 83.9 Å². The van der Waals surface area contributed by atoms with E-state index in [1.165, 1.54) is 0 Å². The number of nitrogens with zero attached hydrogens (tertiary/aromatic N) is 4. The van der Waals surface area contributed by atoms with Crippen LogP contribution in [0.15, 0.2) is 72.8 Å². The van der Waals surface area contributed by atoms with Gasteiger partial charge in [0.05, 0.1) is 0 Å². The Morgan fingerprint density at radius 2 is 1.63 bits per heavy atom. The maximum absolute atomic E-state index is 13.7. The summed E-state index contributed by atoms with van der Waals surface area (Å²) in [4.78, 5) is 42.2. The molecular formula is C37H47N9O3. The van der Waals surface area contributed by atoms with E-state index in [9.17, 15) is 14.4 Å². The van der Waals surface area contributed by atoms with Crippen LogP contribution in [-0.2, 0) is 16.0 Å². The van der Waals surface area contributed by atoms with Gasteiger partial charge in [-0.2, -0.15) is 5.21 Å². The van der Waals surface area contributed by atoms with E-state index in [1.807, 2.05) is 48.5 Å². The summed E-state index contributed by atoms with van der Waals surface area (Å²) in [5.41, 5.74) is 10.6. The van der Waals surface area contributed by atoms with Gasteiger partial charge in [0.2, 0.25) is 17.6 Å². The Balaban J connectivity index is 1.26. The molecule has 3 amide bonds. The van der Waals surface area contributed by atoms with Crippen LogP contribution < -0.4 is 21.7 Å². The van der Waals surface area contributed by atoms with Crippen LogP contribution in [0.3, 0.4) is 0 Å². The third kappa shape index (κ3) is 9.80. The van der Waals surface area contributed by atoms with E-state index in [1.54, 1.807) is 24.3 Å². The van der Waals surface area contributed by atoms with Crippen LogP contribution in [0.5, 0.6) is 0 Å². The molecule has 1 aromatic heterocycles. The number of nitrogens with two attached hydrogens (primary N) is 1. The quantitative estimate of drug-likeness (QED) is 0.127. The number of tetrazole rings is 1. The molecule has 1 aliphatic rings. The van der Waals surface area contributed by atoms with Crippen LogP contribution in [0.4, 0.5) is 5.69 Å². The van der Waals surface area contributed by atoms with Crippen LogP contribution in [-0.4, -0.2) is 82.0 Å². The summed E-state index contributed by atoms with van der Waals surface area (Å²) < 4.78 is 0. The summed E-state index contributed by atoms with van der Waals surface area (Å²) in [6.45, 7) is 8.15. The Kier molecular flexibility index (Phi) is 12.6. The van der Waals surface area contributed by atoms with E-state index in [0.717, 1.165) is 67.6 Å². The number of hydrogen-bond acceptors (Lipinski definition) is 8. The minimum absolute atomic E-state index is 0.101. The molecule has 0 radical (unpaired) electrons. The zero-order valence-electron chi connectivity index (χ0n) is 28.3. The minimum atomic E-state index is -0.786. The van der Waals surface area contributed by atoms with Crippen molar-refractivity contribution in [1.29, 1.82) is 0 Å². The van der Waals surface area contributed by atoms with Gasteiger partial charge in [0.25, 0.3) is 5.91 Å². The van der Waals surface area contributed by atoms with Crippen molar-refractivity contribution in [2.45, 2.75) is 52.0 Å². The Labute approximate surface area is 287 Å². The molecule has 12 nitrogen and oxygen atoms in total. The average molecular weight is 666 g/mol. The van der Waals surface area contributed by atoms with Crippen molar-refractivity contribution in [3.63, 3.8) is 0 Å². The lowest BCUT2D eigenvalue weighted by molar-refractivity contribution is -0.130. The summed E-state index contributed by atoms with van der Waals surface area (Å²) >= 11 is 0. The molecule has 1 aliphatic carbocycles. The van der Waals surface area contributed by atoms with Gasteiger partial charge in [0.1, 0.15) is 6.04 Å². The molecule has 1 heterocycles. The summed E-state index contributed by atoms with van der Waals surface area (Å²) in [6.07, 6.45) is 3.67. The molecule has 4 aromatic rings. The van der Waals surface area contributed by atoms with Crippen molar-refractivity contribution < 1.29 is 14.4 Å². The fourth-order valence-electron chi connectivity index (χ4n) is 6.25. The number of carbonyl (C=O) groups is 3. The molecule has 258 valence electrons. The van der Waals surface area contributed by atoms with Crippen LogP contribution in [0.25, 0.3) is 22.5 Å². The first-order chi connectivity index (χ1) is 23.9. The average Bonchev–Trinajstić information content (AvgIpc) is 3.69. The van der Waals surface area contributed by atoms with Crippen LogP contribution in [0.1, 0.15) is 55.5 Å². The molecule has 1 atom stereocenters. The minimum Gasteiger partial charge on any atom is -0.351 e. The van der Waals surface area contributed by atoms with Gasteiger partial charge in [0, 0.05) is 42.2 Å². The fourth-order valence-corrected chi connectivity index (χ4v) is 6.25. The second-order valence-corrected chi connectivity index (χ2v) is 12.6. The third-order valence-electron chi connectivity index (χ3n) is 9.40. The number of benzene rings is 3. The number of rotatable bonds is 15. The number of anilines is 1. The van der Waals surface area contributed by atoms with Crippen molar-refractivity contribution in [3.8, 4) is 22.5 Å². The predicted octanol–water partition coefficient (Wildman–Crippen LogP) is 4.04. The SMILES string of the molecule is CCN(CC)CCNC(=O)c1cccc(-c2ccc(C[C@H](NC(=O)C3CCC(CN)CC3)C(=O)Nc3ccc(-c4nn[nH]n4)cc3)cc2)c1. The highest BCUT2D eigenvalue weighted by Gasteiger charge is 2.29. The highest BCUT2D eigenvalue weighted by Crippen LogP contribution is 2.29. The lowest BCUT2D eigenvalue weighted by atomic mass is 9.81. The monoisotopic (exact) mass is 665 g/mol. The molecule has 0 saturated heterocycles. The maximum Gasteiger partial charge on any atom is 0.251 e. The first-order valence-corrected chi connectivity index (χ1v) is 17.2. The smallest absolute Gasteiger partial charge is 0.251 e. The summed E-state index contributed by atoms with van der Waals surface area (Å²) in [5.74, 6) is 0.251. The van der Waals surface area contributed by atoms with E-state index in [-0.39, 0.29) is 23.6 Å². The van der Waals surface area contributed by atoms with Gasteiger partial charge in [-0.15, -0.1) is 10.2 Å². The summed E-state index contributed by atoms with van der Waals surface area (Å²) in [5, 5.41) is 23.0. The Hall–Kier alpha value is -4.94. The third-order valence-corrected chi connectivity index (χ3v) is 9.40. The molecular weight excluding hydrogens is 618 g/mol. The van der Waals surface area contributed by atoms with Gasteiger partial charge in [0.15, 0.2) is 0 Å². The largest absolute Gasteiger partial charge is 0.351 e. The number of hydrogen-bond donors (Lipinski definition) is 5. The van der Waals surface area contributed by atoms with Crippen molar-refractivity contribution in [2.24, 2.45) is 17.6 Å². The number of carbonyl (C=O) groups excluding carboxylic acids is 3. The van der Waals surface area contributed by atoms with Crippen LogP contribution >= 0.6 is 0 Å². The van der Waals surface area contributed by atoms with E-state index in [4.69, 9.17) is 5.73 Å². The molecule has 0 bridgehead atoms. The molecule has 49 heavy (non-hydrogen) atoms. The van der Waals surface area contributed by atoms with Crippen molar-refractivity contribution in [2.75, 3.05) is 38.0 Å². The fraction of sp³-hybridized carbons (Fsp3) is 0.405. The zero-order valence-corrected chi connectivity index (χ0v) is 28.3. The first-order valence-electron chi connectivity index (χ1n) is 17.2. The van der Waals surface area contributed by atoms with Gasteiger partial charge in [-0.25, -0.2) is 0 Å². The normalized spacial score (nSPS) is 16.6. The lowest BCUT2D eigenvalue weighted by Crippen LogP contribution is -2.48. The second kappa shape index (κ2) is 17.5. The molecule has 0 aliphatic heterocycles. The molecule has 0 spiro atoms. The molecule has 3 aromatic carbocycles. The Morgan fingerprint density at radius 1 is 0.918 bits per heavy atom. The van der Waals surface area contributed by atoms with E-state index < -0.39 is 6.04 Å². The molecule has 5 rings (SSSR count). The lowest BCUT2D eigenvalue weighted by Gasteiger charge is -2.28. The number of H-pyrrole nitrogens is 1. The topological polar surface area (TPSA) is 171 Å². The van der Waals surface area contributed by atoms with Crippen molar-refractivity contribution >= 4 is 23.4 Å². The molecule has 0 unspecified atom stereocenters. The predicted molar refractivity (Wildman–Crippen MR) is 190 cm³/mol. The summed E-state index contributed by atoms with van der Waals surface area (Å²) in [6, 6.07) is 21.8. The van der Waals surface area contributed by atoms with Crippen LogP contribution in [0.2, 0.25) is 0 Å². The number of amides is 3. The van der Waals surface area contributed by atoms with Crippen LogP contribution in [0, 0.1) is 11.8 Å². The summed E-state index contributed by atoms with van der Waals surface area (Å²) in [7, 11) is 0. The van der Waals surface area contributed by atoms with Gasteiger partial charge < -0.3 is 26.6 Å². The van der Waals surface area contributed by atoms with E-state index >= 15 is 0 Å². The highest BCUT2D eigenvalue weighted by molar-refractivity contribution is 5.98. The number of aromatic nitrogens is 4. The molecule has 1 saturated carbocycles. The molecule has 6 N–H and O–H groups in total. The second-order valence-electron chi connectivity index (χ2n) is 12.6. The van der Waals surface area contributed by atoms with Crippen molar-refractivity contribution in [1.82, 2.24) is 36.2 Å². The first kappa shape index (κ1) is 35.4. The van der Waals surface area contributed by atoms with Gasteiger partial charge >= 0.3 is 0 Å². The zero-order chi connectivity index (χ0) is 34.6. The number of likely N-dealkylation sites (N-methyl/N-ethyl adjacent to an activating group) is 1. The number of aromatic amines is 1. The highest BCUT2D eigenvalue weighted by atomic mass is 16.2. The van der Waals surface area contributed by atoms with Gasteiger partial charge in [-0.3, -0.25) is 14.4 Å². The van der Waals surface area contributed by atoms with Gasteiger partial charge in [-0.1, -0.05) is 50.2 Å². The molecule has 1 fully saturated rings. The Morgan fingerprint density at radius 3 is 2.29 bits per heavy atom. The van der Waals surface area contributed by atoms with E-state index in [2.05, 4.69) is 55.3 Å².